The van der Waals surface area contributed by atoms with Crippen molar-refractivity contribution in [3.05, 3.63) is 52.4 Å². The lowest BCUT2D eigenvalue weighted by Crippen LogP contribution is -2.18. The normalized spacial score (nSPS) is 12.4. The van der Waals surface area contributed by atoms with Crippen molar-refractivity contribution in [3.8, 4) is 5.75 Å². The lowest BCUT2D eigenvalue weighted by molar-refractivity contribution is 0.405. The number of rotatable bonds is 4. The number of ether oxygens (including phenoxy) is 1. The van der Waals surface area contributed by atoms with Crippen LogP contribution in [-0.2, 0) is 0 Å². The maximum atomic E-state index is 5.38. The van der Waals surface area contributed by atoms with Crippen LogP contribution in [0, 0.1) is 0 Å². The van der Waals surface area contributed by atoms with Crippen molar-refractivity contribution >= 4 is 15.9 Å². The molecule has 1 aromatic carbocycles. The summed E-state index contributed by atoms with van der Waals surface area (Å²) in [5.74, 6) is 0.861. The van der Waals surface area contributed by atoms with Gasteiger partial charge in [-0.05, 0) is 35.1 Å². The van der Waals surface area contributed by atoms with Gasteiger partial charge in [-0.15, -0.1) is 0 Å². The fraction of sp³-hybridized carbons (Fsp3) is 0.231. The molecule has 3 nitrogen and oxygen atoms in total. The first-order chi connectivity index (χ1) is 8.27. The quantitative estimate of drug-likeness (QED) is 0.939. The Morgan fingerprint density at radius 2 is 2.00 bits per heavy atom. The first-order valence-corrected chi connectivity index (χ1v) is 6.10. The van der Waals surface area contributed by atoms with E-state index < -0.39 is 0 Å². The molecular formula is C13H14BrNO2. The Morgan fingerprint density at radius 3 is 2.59 bits per heavy atom. The highest BCUT2D eigenvalue weighted by molar-refractivity contribution is 9.10. The van der Waals surface area contributed by atoms with Crippen molar-refractivity contribution < 1.29 is 9.15 Å². The Labute approximate surface area is 109 Å². The van der Waals surface area contributed by atoms with E-state index in [0.29, 0.717) is 0 Å². The molecule has 0 amide bonds. The Bertz CT molecular complexity index is 496. The van der Waals surface area contributed by atoms with Crippen molar-refractivity contribution in [2.45, 2.75) is 6.04 Å². The summed E-state index contributed by atoms with van der Waals surface area (Å²) in [6.07, 6.45) is 1.67. The van der Waals surface area contributed by atoms with Crippen LogP contribution in [0.3, 0.4) is 0 Å². The molecule has 1 atom stereocenters. The third-order valence-electron chi connectivity index (χ3n) is 2.70. The van der Waals surface area contributed by atoms with Crippen molar-refractivity contribution in [2.24, 2.45) is 0 Å². The van der Waals surface area contributed by atoms with Gasteiger partial charge in [0, 0.05) is 11.1 Å². The fourth-order valence-electron chi connectivity index (χ4n) is 1.89. The number of nitrogens with one attached hydrogen (secondary N) is 1. The molecule has 4 heteroatoms. The minimum absolute atomic E-state index is 0.0410. The van der Waals surface area contributed by atoms with Gasteiger partial charge in [0.05, 0.1) is 19.4 Å². The van der Waals surface area contributed by atoms with Crippen LogP contribution >= 0.6 is 15.9 Å². The summed E-state index contributed by atoms with van der Waals surface area (Å²) in [7, 11) is 3.59. The van der Waals surface area contributed by atoms with Gasteiger partial charge in [-0.2, -0.15) is 0 Å². The Hall–Kier alpha value is -1.26. The second kappa shape index (κ2) is 5.38. The Kier molecular flexibility index (Phi) is 3.86. The van der Waals surface area contributed by atoms with E-state index in [-0.39, 0.29) is 6.04 Å². The predicted octanol–water partition coefficient (Wildman–Crippen LogP) is 3.36. The highest BCUT2D eigenvalue weighted by atomic mass is 79.9. The minimum Gasteiger partial charge on any atom is -0.496 e. The molecule has 0 fully saturated rings. The lowest BCUT2D eigenvalue weighted by atomic mass is 10.0. The molecule has 2 rings (SSSR count). The molecule has 0 aliphatic rings. The predicted molar refractivity (Wildman–Crippen MR) is 70.3 cm³/mol. The lowest BCUT2D eigenvalue weighted by Gasteiger charge is -2.18. The highest BCUT2D eigenvalue weighted by Gasteiger charge is 2.19. The van der Waals surface area contributed by atoms with E-state index in [2.05, 4.69) is 21.2 Å². The summed E-state index contributed by atoms with van der Waals surface area (Å²) in [6, 6.07) is 9.93. The first-order valence-electron chi connectivity index (χ1n) is 5.31. The third kappa shape index (κ3) is 2.37. The topological polar surface area (TPSA) is 34.4 Å². The highest BCUT2D eigenvalue weighted by Crippen LogP contribution is 2.33. The molecule has 0 bridgehead atoms. The van der Waals surface area contributed by atoms with Crippen LogP contribution in [0.5, 0.6) is 5.75 Å². The molecular weight excluding hydrogens is 282 g/mol. The summed E-state index contributed by atoms with van der Waals surface area (Å²) in [6.45, 7) is 0. The minimum atomic E-state index is 0.0410. The molecule has 0 spiro atoms. The van der Waals surface area contributed by atoms with E-state index in [1.165, 1.54) is 0 Å². The van der Waals surface area contributed by atoms with E-state index in [1.807, 2.05) is 37.4 Å². The smallest absolute Gasteiger partial charge is 0.174 e. The van der Waals surface area contributed by atoms with Crippen LogP contribution in [0.15, 0.2) is 45.7 Å². The summed E-state index contributed by atoms with van der Waals surface area (Å²) in [5.41, 5.74) is 2.14. The SMILES string of the molecule is CNC(c1ccccc1OC)c1ccoc1Br. The molecule has 1 N–H and O–H groups in total. The average molecular weight is 296 g/mol. The number of methoxy groups -OCH3 is 1. The van der Waals surface area contributed by atoms with Crippen molar-refractivity contribution in [1.82, 2.24) is 5.32 Å². The van der Waals surface area contributed by atoms with E-state index in [1.54, 1.807) is 13.4 Å². The van der Waals surface area contributed by atoms with Crippen LogP contribution in [0.2, 0.25) is 0 Å². The van der Waals surface area contributed by atoms with Gasteiger partial charge in [0.15, 0.2) is 4.67 Å². The van der Waals surface area contributed by atoms with E-state index in [4.69, 9.17) is 9.15 Å². The monoisotopic (exact) mass is 295 g/mol. The first kappa shape index (κ1) is 12.2. The standard InChI is InChI=1S/C13H14BrNO2/c1-15-12(10-7-8-17-13(10)14)9-5-3-4-6-11(9)16-2/h3-8,12,15H,1-2H3. The van der Waals surface area contributed by atoms with Gasteiger partial charge in [-0.25, -0.2) is 0 Å². The summed E-state index contributed by atoms with van der Waals surface area (Å²) >= 11 is 3.40. The molecule has 0 radical (unpaired) electrons. The number of furan rings is 1. The van der Waals surface area contributed by atoms with Crippen LogP contribution < -0.4 is 10.1 Å². The Morgan fingerprint density at radius 1 is 1.24 bits per heavy atom. The second-order valence-corrected chi connectivity index (χ2v) is 4.33. The van der Waals surface area contributed by atoms with Gasteiger partial charge in [0.25, 0.3) is 0 Å². The molecule has 17 heavy (non-hydrogen) atoms. The maximum absolute atomic E-state index is 5.38. The van der Waals surface area contributed by atoms with Gasteiger partial charge in [-0.3, -0.25) is 0 Å². The molecule has 0 aliphatic carbocycles. The maximum Gasteiger partial charge on any atom is 0.174 e. The molecule has 1 unspecified atom stereocenters. The number of para-hydroxylation sites is 1. The molecule has 1 aromatic heterocycles. The molecule has 0 saturated heterocycles. The number of hydrogen-bond acceptors (Lipinski definition) is 3. The molecule has 90 valence electrons. The molecule has 0 saturated carbocycles. The summed E-state index contributed by atoms with van der Waals surface area (Å²) in [4.78, 5) is 0. The van der Waals surface area contributed by atoms with E-state index >= 15 is 0 Å². The van der Waals surface area contributed by atoms with Gasteiger partial charge in [0.2, 0.25) is 0 Å². The van der Waals surface area contributed by atoms with Crippen LogP contribution in [0.1, 0.15) is 17.2 Å². The molecule has 2 aromatic rings. The average Bonchev–Trinajstić information content (AvgIpc) is 2.78. The fourth-order valence-corrected chi connectivity index (χ4v) is 2.36. The number of hydrogen-bond donors (Lipinski definition) is 1. The summed E-state index contributed by atoms with van der Waals surface area (Å²) in [5, 5.41) is 3.27. The zero-order chi connectivity index (χ0) is 12.3. The third-order valence-corrected chi connectivity index (χ3v) is 3.34. The molecule has 1 heterocycles. The zero-order valence-electron chi connectivity index (χ0n) is 9.74. The zero-order valence-corrected chi connectivity index (χ0v) is 11.3. The van der Waals surface area contributed by atoms with Gasteiger partial charge < -0.3 is 14.5 Å². The van der Waals surface area contributed by atoms with Gasteiger partial charge in [0.1, 0.15) is 5.75 Å². The van der Waals surface area contributed by atoms with Gasteiger partial charge >= 0.3 is 0 Å². The van der Waals surface area contributed by atoms with E-state index in [0.717, 1.165) is 21.5 Å². The van der Waals surface area contributed by atoms with Crippen LogP contribution in [0.4, 0.5) is 0 Å². The van der Waals surface area contributed by atoms with E-state index in [9.17, 15) is 0 Å². The van der Waals surface area contributed by atoms with Crippen molar-refractivity contribution in [2.75, 3.05) is 14.2 Å². The number of halogens is 1. The number of benzene rings is 1. The van der Waals surface area contributed by atoms with Crippen molar-refractivity contribution in [3.63, 3.8) is 0 Å². The second-order valence-electron chi connectivity index (χ2n) is 3.61. The summed E-state index contributed by atoms with van der Waals surface area (Å²) < 4.78 is 11.4. The Balaban J connectivity index is 2.46. The van der Waals surface area contributed by atoms with Crippen LogP contribution in [0.25, 0.3) is 0 Å². The van der Waals surface area contributed by atoms with Crippen LogP contribution in [-0.4, -0.2) is 14.2 Å². The largest absolute Gasteiger partial charge is 0.496 e. The van der Waals surface area contributed by atoms with Crippen molar-refractivity contribution in [1.29, 1.82) is 0 Å². The molecule has 0 aliphatic heterocycles. The van der Waals surface area contributed by atoms with Gasteiger partial charge in [-0.1, -0.05) is 18.2 Å².